The third-order valence-electron chi connectivity index (χ3n) is 3.48. The Kier molecular flexibility index (Phi) is 2.96. The minimum atomic E-state index is -4.22. The van der Waals surface area contributed by atoms with E-state index < -0.39 is 12.7 Å². The molecule has 3 nitrogen and oxygen atoms in total. The second-order valence-corrected chi connectivity index (χ2v) is 5.07. The van der Waals surface area contributed by atoms with Crippen LogP contribution in [0.5, 0.6) is 0 Å². The molecule has 0 spiro atoms. The van der Waals surface area contributed by atoms with Crippen molar-refractivity contribution in [1.29, 1.82) is 0 Å². The maximum Gasteiger partial charge on any atom is 0.405 e. The number of nitrogens with two attached hydrogens (primary N) is 1. The number of nitrogen functional groups attached to an aromatic ring is 1. The predicted octanol–water partition coefficient (Wildman–Crippen LogP) is 3.35. The number of nitrogens with zero attached hydrogens (tertiary/aromatic N) is 2. The Hall–Kier alpha value is -1.98. The number of anilines is 2. The van der Waals surface area contributed by atoms with Crippen molar-refractivity contribution in [2.45, 2.75) is 25.1 Å². The van der Waals surface area contributed by atoms with E-state index in [9.17, 15) is 13.2 Å². The van der Waals surface area contributed by atoms with Crippen molar-refractivity contribution in [3.63, 3.8) is 0 Å². The Bertz CT molecular complexity index is 635. The molecule has 20 heavy (non-hydrogen) atoms. The van der Waals surface area contributed by atoms with Crippen molar-refractivity contribution in [2.75, 3.05) is 17.2 Å². The number of rotatable bonds is 3. The molecule has 0 aliphatic heterocycles. The van der Waals surface area contributed by atoms with Gasteiger partial charge < -0.3 is 10.6 Å². The average Bonchev–Trinajstić information content (AvgIpc) is 3.20. The molecule has 1 heterocycles. The van der Waals surface area contributed by atoms with Crippen molar-refractivity contribution in [2.24, 2.45) is 0 Å². The molecule has 6 heteroatoms. The summed E-state index contributed by atoms with van der Waals surface area (Å²) in [4.78, 5) is 5.43. The third-order valence-corrected chi connectivity index (χ3v) is 3.48. The molecule has 0 unspecified atom stereocenters. The molecule has 1 fully saturated rings. The summed E-state index contributed by atoms with van der Waals surface area (Å²) >= 11 is 0. The van der Waals surface area contributed by atoms with Crippen LogP contribution >= 0.6 is 0 Å². The maximum absolute atomic E-state index is 12.8. The molecule has 106 valence electrons. The van der Waals surface area contributed by atoms with E-state index in [0.29, 0.717) is 16.8 Å². The molecule has 0 bridgehead atoms. The third kappa shape index (κ3) is 2.50. The van der Waals surface area contributed by atoms with Gasteiger partial charge in [-0.25, -0.2) is 0 Å². The van der Waals surface area contributed by atoms with Crippen LogP contribution in [-0.4, -0.2) is 23.7 Å². The number of aromatic nitrogens is 1. The zero-order chi connectivity index (χ0) is 14.3. The molecule has 2 N–H and O–H groups in total. The van der Waals surface area contributed by atoms with Crippen LogP contribution in [0.25, 0.3) is 10.8 Å². The average molecular weight is 281 g/mol. The first kappa shape index (κ1) is 13.0. The highest BCUT2D eigenvalue weighted by Crippen LogP contribution is 2.38. The fourth-order valence-electron chi connectivity index (χ4n) is 2.44. The summed E-state index contributed by atoms with van der Waals surface area (Å²) in [5.74, 6) is 0. The summed E-state index contributed by atoms with van der Waals surface area (Å²) in [5.41, 5.74) is 6.98. The van der Waals surface area contributed by atoms with Crippen LogP contribution in [0, 0.1) is 0 Å². The predicted molar refractivity (Wildman–Crippen MR) is 72.6 cm³/mol. The number of alkyl halides is 3. The molecular weight excluding hydrogens is 267 g/mol. The van der Waals surface area contributed by atoms with Crippen LogP contribution in [0.3, 0.4) is 0 Å². The highest BCUT2D eigenvalue weighted by Gasteiger charge is 2.38. The van der Waals surface area contributed by atoms with E-state index in [-0.39, 0.29) is 6.04 Å². The van der Waals surface area contributed by atoms with E-state index in [2.05, 4.69) is 4.98 Å². The van der Waals surface area contributed by atoms with E-state index in [4.69, 9.17) is 5.73 Å². The lowest BCUT2D eigenvalue weighted by Gasteiger charge is -2.27. The molecule has 1 aromatic heterocycles. The van der Waals surface area contributed by atoms with Crippen molar-refractivity contribution >= 4 is 22.1 Å². The van der Waals surface area contributed by atoms with Gasteiger partial charge in [-0.15, -0.1) is 0 Å². The first-order valence-electron chi connectivity index (χ1n) is 6.41. The molecule has 1 aliphatic carbocycles. The van der Waals surface area contributed by atoms with Crippen LogP contribution in [0.2, 0.25) is 0 Å². The zero-order valence-electron chi connectivity index (χ0n) is 10.7. The summed E-state index contributed by atoms with van der Waals surface area (Å²) < 4.78 is 38.3. The van der Waals surface area contributed by atoms with Crippen LogP contribution < -0.4 is 10.6 Å². The molecule has 2 aromatic rings. The first-order valence-corrected chi connectivity index (χ1v) is 6.41. The number of hydrogen-bond donors (Lipinski definition) is 1. The molecule has 1 aliphatic rings. The van der Waals surface area contributed by atoms with Gasteiger partial charge in [-0.3, -0.25) is 4.98 Å². The zero-order valence-corrected chi connectivity index (χ0v) is 10.7. The topological polar surface area (TPSA) is 42.1 Å². The first-order chi connectivity index (χ1) is 9.46. The quantitative estimate of drug-likeness (QED) is 0.877. The fourth-order valence-corrected chi connectivity index (χ4v) is 2.44. The molecule has 1 aromatic carbocycles. The Balaban J connectivity index is 2.09. The molecule has 1 saturated carbocycles. The van der Waals surface area contributed by atoms with Crippen molar-refractivity contribution in [3.05, 3.63) is 30.6 Å². The lowest BCUT2D eigenvalue weighted by Crippen LogP contribution is -2.36. The maximum atomic E-state index is 12.8. The molecule has 0 amide bonds. The molecular formula is C14H14F3N3. The summed E-state index contributed by atoms with van der Waals surface area (Å²) in [5, 5.41) is 1.41. The van der Waals surface area contributed by atoms with Gasteiger partial charge in [0.05, 0.1) is 0 Å². The van der Waals surface area contributed by atoms with Gasteiger partial charge in [0.25, 0.3) is 0 Å². The number of benzene rings is 1. The number of fused-ring (bicyclic) bond motifs is 1. The van der Waals surface area contributed by atoms with Gasteiger partial charge >= 0.3 is 6.18 Å². The Morgan fingerprint density at radius 1 is 1.20 bits per heavy atom. The Morgan fingerprint density at radius 2 is 1.95 bits per heavy atom. The highest BCUT2D eigenvalue weighted by atomic mass is 19.4. The summed E-state index contributed by atoms with van der Waals surface area (Å²) in [6.07, 6.45) is 0.531. The number of hydrogen-bond acceptors (Lipinski definition) is 3. The van der Waals surface area contributed by atoms with Gasteiger partial charge in [-0.1, -0.05) is 0 Å². The van der Waals surface area contributed by atoms with Gasteiger partial charge in [0.15, 0.2) is 0 Å². The van der Waals surface area contributed by atoms with Gasteiger partial charge in [-0.05, 0) is 31.0 Å². The summed E-state index contributed by atoms with van der Waals surface area (Å²) in [6, 6.07) is 5.00. The second-order valence-electron chi connectivity index (χ2n) is 5.07. The van der Waals surface area contributed by atoms with Crippen molar-refractivity contribution in [1.82, 2.24) is 4.98 Å². The largest absolute Gasteiger partial charge is 0.405 e. The van der Waals surface area contributed by atoms with Crippen LogP contribution in [0.4, 0.5) is 24.5 Å². The number of halogens is 3. The summed E-state index contributed by atoms with van der Waals surface area (Å²) in [6.45, 7) is -0.939. The standard InChI is InChI=1S/C14H14F3N3/c15-14(16,17)8-20(9-1-2-9)13-4-3-12(18)10-5-6-19-7-11(10)13/h3-7,9H,1-2,8,18H2. The van der Waals surface area contributed by atoms with Gasteiger partial charge in [0.1, 0.15) is 6.54 Å². The minimum Gasteiger partial charge on any atom is -0.398 e. The Labute approximate surface area is 114 Å². The van der Waals surface area contributed by atoms with Crippen molar-refractivity contribution in [3.8, 4) is 0 Å². The monoisotopic (exact) mass is 281 g/mol. The van der Waals surface area contributed by atoms with Crippen LogP contribution in [0.15, 0.2) is 30.6 Å². The second kappa shape index (κ2) is 4.54. The lowest BCUT2D eigenvalue weighted by atomic mass is 10.1. The SMILES string of the molecule is Nc1ccc(N(CC(F)(F)F)C2CC2)c2cnccc12. The molecule has 0 radical (unpaired) electrons. The van der Waals surface area contributed by atoms with E-state index in [1.807, 2.05) is 0 Å². The minimum absolute atomic E-state index is 0.0383. The Morgan fingerprint density at radius 3 is 2.60 bits per heavy atom. The highest BCUT2D eigenvalue weighted by molar-refractivity contribution is 6.01. The summed E-state index contributed by atoms with van der Waals surface area (Å²) in [7, 11) is 0. The molecule has 0 saturated heterocycles. The molecule has 0 atom stereocenters. The molecule has 3 rings (SSSR count). The smallest absolute Gasteiger partial charge is 0.398 e. The van der Waals surface area contributed by atoms with E-state index in [0.717, 1.165) is 18.2 Å². The van der Waals surface area contributed by atoms with Gasteiger partial charge in [-0.2, -0.15) is 13.2 Å². The fraction of sp³-hybridized carbons (Fsp3) is 0.357. The van der Waals surface area contributed by atoms with Crippen LogP contribution in [0.1, 0.15) is 12.8 Å². The van der Waals surface area contributed by atoms with Gasteiger partial charge in [0, 0.05) is 40.6 Å². The van der Waals surface area contributed by atoms with E-state index >= 15 is 0 Å². The number of pyridine rings is 1. The normalized spacial score (nSPS) is 15.6. The van der Waals surface area contributed by atoms with Crippen molar-refractivity contribution < 1.29 is 13.2 Å². The van der Waals surface area contributed by atoms with Gasteiger partial charge in [0.2, 0.25) is 0 Å². The lowest BCUT2D eigenvalue weighted by molar-refractivity contribution is -0.119. The van der Waals surface area contributed by atoms with E-state index in [1.54, 1.807) is 30.6 Å². The van der Waals surface area contributed by atoms with E-state index in [1.165, 1.54) is 4.90 Å². The van der Waals surface area contributed by atoms with Crippen LogP contribution in [-0.2, 0) is 0 Å².